The lowest BCUT2D eigenvalue weighted by atomic mass is 9.65. The Morgan fingerprint density at radius 1 is 1.00 bits per heavy atom. The molecule has 0 amide bonds. The molecule has 0 fully saturated rings. The van der Waals surface area contributed by atoms with Crippen LogP contribution in [0, 0.1) is 0 Å². The number of allylic oxidation sites excluding steroid dienone is 3. The second kappa shape index (κ2) is 6.84. The smallest absolute Gasteiger partial charge is 0.169 e. The fourth-order valence-corrected chi connectivity index (χ4v) is 3.55. The highest BCUT2D eigenvalue weighted by Crippen LogP contribution is 2.42. The van der Waals surface area contributed by atoms with Crippen LogP contribution in [0.25, 0.3) is 12.2 Å². The van der Waals surface area contributed by atoms with Crippen LogP contribution in [-0.2, 0) is 10.2 Å². The topological polar surface area (TPSA) is 17.1 Å². The van der Waals surface area contributed by atoms with Gasteiger partial charge in [0.2, 0.25) is 0 Å². The van der Waals surface area contributed by atoms with Crippen LogP contribution < -0.4 is 0 Å². The molecule has 0 saturated carbocycles. The standard InChI is InChI=1S/C23H22O/c1-3-15-23(16-9-12-19-10-5-4-6-11-19)21-14-8-7-13-20(21)17-18(2)22(23)24/h3-14,17H,1,15-16H2,2H3/b12-9+/t23-/m0/s1. The molecule has 1 aliphatic rings. The summed E-state index contributed by atoms with van der Waals surface area (Å²) in [6, 6.07) is 18.4. The predicted molar refractivity (Wildman–Crippen MR) is 102 cm³/mol. The average molecular weight is 314 g/mol. The van der Waals surface area contributed by atoms with Crippen molar-refractivity contribution in [3.63, 3.8) is 0 Å². The summed E-state index contributed by atoms with van der Waals surface area (Å²) in [5.41, 5.74) is 3.68. The second-order valence-electron chi connectivity index (χ2n) is 6.34. The maximum absolute atomic E-state index is 13.1. The number of hydrogen-bond donors (Lipinski definition) is 0. The van der Waals surface area contributed by atoms with E-state index in [-0.39, 0.29) is 5.78 Å². The molecule has 2 aromatic carbocycles. The molecule has 2 aromatic rings. The first-order valence-corrected chi connectivity index (χ1v) is 8.32. The summed E-state index contributed by atoms with van der Waals surface area (Å²) in [6.07, 6.45) is 9.39. The third kappa shape index (κ3) is 2.90. The van der Waals surface area contributed by atoms with Gasteiger partial charge >= 0.3 is 0 Å². The summed E-state index contributed by atoms with van der Waals surface area (Å²) in [4.78, 5) is 13.1. The van der Waals surface area contributed by atoms with E-state index in [1.165, 1.54) is 0 Å². The fourth-order valence-electron chi connectivity index (χ4n) is 3.55. The van der Waals surface area contributed by atoms with Crippen LogP contribution >= 0.6 is 0 Å². The van der Waals surface area contributed by atoms with Crippen molar-refractivity contribution in [2.24, 2.45) is 0 Å². The third-order valence-electron chi connectivity index (χ3n) is 4.71. The van der Waals surface area contributed by atoms with Crippen LogP contribution in [0.15, 0.2) is 78.9 Å². The molecule has 0 bridgehead atoms. The Hall–Kier alpha value is -2.67. The molecule has 120 valence electrons. The number of fused-ring (bicyclic) bond motifs is 1. The quantitative estimate of drug-likeness (QED) is 0.657. The zero-order valence-electron chi connectivity index (χ0n) is 14.0. The number of rotatable bonds is 5. The minimum Gasteiger partial charge on any atom is -0.294 e. The van der Waals surface area contributed by atoms with Crippen molar-refractivity contribution in [2.75, 3.05) is 0 Å². The molecule has 0 radical (unpaired) electrons. The van der Waals surface area contributed by atoms with Gasteiger partial charge in [-0.1, -0.05) is 72.8 Å². The molecule has 1 nitrogen and oxygen atoms in total. The normalized spacial score (nSPS) is 19.9. The number of ketones is 1. The Kier molecular flexibility index (Phi) is 4.61. The largest absolute Gasteiger partial charge is 0.294 e. The van der Waals surface area contributed by atoms with Gasteiger partial charge in [0.05, 0.1) is 5.41 Å². The van der Waals surface area contributed by atoms with Crippen LogP contribution in [0.5, 0.6) is 0 Å². The van der Waals surface area contributed by atoms with Crippen LogP contribution in [-0.4, -0.2) is 5.78 Å². The molecule has 0 N–H and O–H groups in total. The lowest BCUT2D eigenvalue weighted by Crippen LogP contribution is -2.38. The Labute approximate surface area is 144 Å². The summed E-state index contributed by atoms with van der Waals surface area (Å²) in [5, 5.41) is 0. The molecule has 0 heterocycles. The molecule has 1 aliphatic carbocycles. The van der Waals surface area contributed by atoms with Crippen molar-refractivity contribution < 1.29 is 4.79 Å². The third-order valence-corrected chi connectivity index (χ3v) is 4.71. The van der Waals surface area contributed by atoms with Crippen molar-refractivity contribution in [1.82, 2.24) is 0 Å². The van der Waals surface area contributed by atoms with E-state index >= 15 is 0 Å². The van der Waals surface area contributed by atoms with Crippen LogP contribution in [0.2, 0.25) is 0 Å². The van der Waals surface area contributed by atoms with E-state index in [4.69, 9.17) is 0 Å². The molecule has 0 aromatic heterocycles. The zero-order valence-corrected chi connectivity index (χ0v) is 14.0. The first kappa shape index (κ1) is 16.2. The van der Waals surface area contributed by atoms with Crippen molar-refractivity contribution in [1.29, 1.82) is 0 Å². The number of carbonyl (C=O) groups is 1. The van der Waals surface area contributed by atoms with Gasteiger partial charge < -0.3 is 0 Å². The highest BCUT2D eigenvalue weighted by atomic mass is 16.1. The number of carbonyl (C=O) groups excluding carboxylic acids is 1. The molecule has 1 heteroatoms. The van der Waals surface area contributed by atoms with Crippen molar-refractivity contribution in [3.05, 3.63) is 95.6 Å². The number of benzene rings is 2. The monoisotopic (exact) mass is 314 g/mol. The number of Topliss-reactive ketones (excluding diaryl/α,β-unsaturated/α-hetero) is 1. The average Bonchev–Trinajstić information content (AvgIpc) is 2.61. The Bertz CT molecular complexity index is 811. The highest BCUT2D eigenvalue weighted by molar-refractivity contribution is 6.09. The first-order chi connectivity index (χ1) is 11.7. The van der Waals surface area contributed by atoms with Gasteiger partial charge in [-0.15, -0.1) is 6.58 Å². The van der Waals surface area contributed by atoms with Crippen molar-refractivity contribution in [3.8, 4) is 0 Å². The molecule has 0 aliphatic heterocycles. The molecular formula is C23H22O. The van der Waals surface area contributed by atoms with E-state index in [0.717, 1.165) is 22.3 Å². The summed E-state index contributed by atoms with van der Waals surface area (Å²) in [7, 11) is 0. The van der Waals surface area contributed by atoms with E-state index in [1.54, 1.807) is 0 Å². The van der Waals surface area contributed by atoms with Gasteiger partial charge in [0.25, 0.3) is 0 Å². The van der Waals surface area contributed by atoms with E-state index < -0.39 is 5.41 Å². The Morgan fingerprint density at radius 3 is 2.46 bits per heavy atom. The van der Waals surface area contributed by atoms with Gasteiger partial charge in [-0.2, -0.15) is 0 Å². The lowest BCUT2D eigenvalue weighted by molar-refractivity contribution is -0.120. The van der Waals surface area contributed by atoms with E-state index in [2.05, 4.69) is 43.0 Å². The Balaban J connectivity index is 2.01. The summed E-state index contributed by atoms with van der Waals surface area (Å²) < 4.78 is 0. The van der Waals surface area contributed by atoms with Crippen LogP contribution in [0.4, 0.5) is 0 Å². The summed E-state index contributed by atoms with van der Waals surface area (Å²) in [6.45, 7) is 5.82. The predicted octanol–water partition coefficient (Wildman–Crippen LogP) is 5.59. The summed E-state index contributed by atoms with van der Waals surface area (Å²) in [5.74, 6) is 0.207. The minimum absolute atomic E-state index is 0.207. The molecular weight excluding hydrogens is 292 g/mol. The Morgan fingerprint density at radius 2 is 1.71 bits per heavy atom. The van der Waals surface area contributed by atoms with Gasteiger partial charge in [-0.05, 0) is 48.1 Å². The van der Waals surface area contributed by atoms with Gasteiger partial charge in [0.1, 0.15) is 0 Å². The van der Waals surface area contributed by atoms with E-state index in [1.807, 2.05) is 49.4 Å². The molecule has 0 spiro atoms. The zero-order chi connectivity index (χ0) is 17.0. The van der Waals surface area contributed by atoms with Crippen molar-refractivity contribution >= 4 is 17.9 Å². The van der Waals surface area contributed by atoms with Gasteiger partial charge in [0.15, 0.2) is 5.78 Å². The number of hydrogen-bond acceptors (Lipinski definition) is 1. The molecule has 3 rings (SSSR count). The second-order valence-corrected chi connectivity index (χ2v) is 6.34. The molecule has 24 heavy (non-hydrogen) atoms. The summed E-state index contributed by atoms with van der Waals surface area (Å²) >= 11 is 0. The van der Waals surface area contributed by atoms with Gasteiger partial charge in [0, 0.05) is 0 Å². The molecule has 0 unspecified atom stereocenters. The maximum atomic E-state index is 13.1. The molecule has 1 atom stereocenters. The van der Waals surface area contributed by atoms with Crippen LogP contribution in [0.3, 0.4) is 0 Å². The fraction of sp³-hybridized carbons (Fsp3) is 0.174. The van der Waals surface area contributed by atoms with Crippen LogP contribution in [0.1, 0.15) is 36.5 Å². The minimum atomic E-state index is -0.539. The maximum Gasteiger partial charge on any atom is 0.169 e. The van der Waals surface area contributed by atoms with Crippen molar-refractivity contribution in [2.45, 2.75) is 25.2 Å². The first-order valence-electron chi connectivity index (χ1n) is 8.32. The SMILES string of the molecule is C=CC[C@@]1(C/C=C/c2ccccc2)C(=O)C(C)=Cc2ccccc21. The molecule has 0 saturated heterocycles. The van der Waals surface area contributed by atoms with Gasteiger partial charge in [-0.3, -0.25) is 4.79 Å². The highest BCUT2D eigenvalue weighted by Gasteiger charge is 2.41. The van der Waals surface area contributed by atoms with Gasteiger partial charge in [-0.25, -0.2) is 0 Å². The van der Waals surface area contributed by atoms with E-state index in [0.29, 0.717) is 12.8 Å². The lowest BCUT2D eigenvalue weighted by Gasteiger charge is -2.36. The van der Waals surface area contributed by atoms with E-state index in [9.17, 15) is 4.79 Å².